The van der Waals surface area contributed by atoms with Crippen molar-refractivity contribution >= 4 is 15.9 Å². The predicted molar refractivity (Wildman–Crippen MR) is 85.4 cm³/mol. The molecular formula is C17H19BrFN. The lowest BCUT2D eigenvalue weighted by Gasteiger charge is -2.18. The van der Waals surface area contributed by atoms with Gasteiger partial charge in [-0.15, -0.1) is 0 Å². The first-order chi connectivity index (χ1) is 9.40. The van der Waals surface area contributed by atoms with Crippen molar-refractivity contribution < 1.29 is 4.39 Å². The van der Waals surface area contributed by atoms with Crippen LogP contribution in [0.5, 0.6) is 0 Å². The van der Waals surface area contributed by atoms with Gasteiger partial charge in [0.1, 0.15) is 5.82 Å². The van der Waals surface area contributed by atoms with Gasteiger partial charge in [0.25, 0.3) is 0 Å². The predicted octanol–water partition coefficient (Wildman–Crippen LogP) is 4.76. The molecule has 0 aliphatic rings. The Bertz CT molecular complexity index is 614. The largest absolute Gasteiger partial charge is 0.324 e. The fourth-order valence-electron chi connectivity index (χ4n) is 2.67. The van der Waals surface area contributed by atoms with Gasteiger partial charge in [-0.25, -0.2) is 4.39 Å². The minimum atomic E-state index is -0.268. The van der Waals surface area contributed by atoms with Crippen LogP contribution >= 0.6 is 15.9 Å². The molecule has 0 fully saturated rings. The number of hydrogen-bond donors (Lipinski definition) is 1. The molecule has 20 heavy (non-hydrogen) atoms. The third-order valence-electron chi connectivity index (χ3n) is 3.65. The average molecular weight is 336 g/mol. The van der Waals surface area contributed by atoms with E-state index in [0.717, 1.165) is 5.56 Å². The summed E-state index contributed by atoms with van der Waals surface area (Å²) in [7, 11) is 0. The molecule has 2 N–H and O–H groups in total. The molecule has 0 bridgehead atoms. The molecule has 1 atom stereocenters. The Morgan fingerprint density at radius 2 is 1.75 bits per heavy atom. The summed E-state index contributed by atoms with van der Waals surface area (Å²) in [5.41, 5.74) is 12.1. The maximum absolute atomic E-state index is 13.6. The number of hydrogen-bond acceptors (Lipinski definition) is 1. The third-order valence-corrected chi connectivity index (χ3v) is 4.48. The lowest BCUT2D eigenvalue weighted by molar-refractivity contribution is 0.610. The quantitative estimate of drug-likeness (QED) is 0.860. The Kier molecular flexibility index (Phi) is 4.61. The molecule has 3 heteroatoms. The highest BCUT2D eigenvalue weighted by atomic mass is 79.9. The highest BCUT2D eigenvalue weighted by Gasteiger charge is 2.15. The van der Waals surface area contributed by atoms with Crippen molar-refractivity contribution in [2.24, 2.45) is 5.73 Å². The minimum Gasteiger partial charge on any atom is -0.324 e. The highest BCUT2D eigenvalue weighted by molar-refractivity contribution is 9.10. The first-order valence-corrected chi connectivity index (χ1v) is 7.45. The Balaban J connectivity index is 2.33. The zero-order valence-corrected chi connectivity index (χ0v) is 13.6. The number of rotatable bonds is 3. The molecule has 2 rings (SSSR count). The molecule has 0 heterocycles. The minimum absolute atomic E-state index is 0.222. The Labute approximate surface area is 128 Å². The highest BCUT2D eigenvalue weighted by Crippen LogP contribution is 2.28. The van der Waals surface area contributed by atoms with Crippen molar-refractivity contribution in [3.05, 3.63) is 68.4 Å². The van der Waals surface area contributed by atoms with Crippen LogP contribution in [0.3, 0.4) is 0 Å². The molecule has 0 amide bonds. The topological polar surface area (TPSA) is 26.0 Å². The van der Waals surface area contributed by atoms with Crippen molar-refractivity contribution in [3.63, 3.8) is 0 Å². The van der Waals surface area contributed by atoms with Crippen LogP contribution in [0.15, 0.2) is 34.8 Å². The van der Waals surface area contributed by atoms with E-state index < -0.39 is 0 Å². The van der Waals surface area contributed by atoms with Gasteiger partial charge in [-0.05, 0) is 71.4 Å². The van der Waals surface area contributed by atoms with E-state index in [1.54, 1.807) is 6.07 Å². The third kappa shape index (κ3) is 3.10. The second-order valence-corrected chi connectivity index (χ2v) is 6.12. The lowest BCUT2D eigenvalue weighted by atomic mass is 9.92. The number of halogens is 2. The van der Waals surface area contributed by atoms with Crippen molar-refractivity contribution in [3.8, 4) is 0 Å². The normalized spacial score (nSPS) is 12.5. The maximum atomic E-state index is 13.6. The van der Waals surface area contributed by atoms with Crippen LogP contribution in [0.2, 0.25) is 0 Å². The van der Waals surface area contributed by atoms with Gasteiger partial charge in [0.2, 0.25) is 0 Å². The van der Waals surface area contributed by atoms with Crippen LogP contribution in [-0.2, 0) is 6.42 Å². The van der Waals surface area contributed by atoms with Gasteiger partial charge < -0.3 is 5.73 Å². The molecule has 0 radical (unpaired) electrons. The van der Waals surface area contributed by atoms with Gasteiger partial charge in [0.05, 0.1) is 4.47 Å². The molecule has 1 unspecified atom stereocenters. The Morgan fingerprint density at radius 3 is 2.35 bits per heavy atom. The Morgan fingerprint density at radius 1 is 1.15 bits per heavy atom. The fourth-order valence-corrected chi connectivity index (χ4v) is 3.23. The summed E-state index contributed by atoms with van der Waals surface area (Å²) in [6.45, 7) is 6.29. The zero-order chi connectivity index (χ0) is 14.9. The molecule has 0 saturated carbocycles. The van der Waals surface area contributed by atoms with Crippen LogP contribution in [0, 0.1) is 26.6 Å². The fraction of sp³-hybridized carbons (Fsp3) is 0.294. The van der Waals surface area contributed by atoms with Gasteiger partial charge in [-0.3, -0.25) is 0 Å². The van der Waals surface area contributed by atoms with E-state index in [-0.39, 0.29) is 11.9 Å². The summed E-state index contributed by atoms with van der Waals surface area (Å²) in [6.07, 6.45) is 0.708. The maximum Gasteiger partial charge on any atom is 0.137 e. The molecule has 0 aliphatic carbocycles. The van der Waals surface area contributed by atoms with Gasteiger partial charge in [0, 0.05) is 6.04 Å². The Hall–Kier alpha value is -1.19. The van der Waals surface area contributed by atoms with Crippen LogP contribution in [0.25, 0.3) is 0 Å². The molecule has 0 saturated heterocycles. The molecule has 0 aromatic heterocycles. The number of benzene rings is 2. The van der Waals surface area contributed by atoms with Gasteiger partial charge in [-0.1, -0.05) is 29.8 Å². The molecule has 106 valence electrons. The van der Waals surface area contributed by atoms with Crippen LogP contribution < -0.4 is 5.73 Å². The average Bonchev–Trinajstić information content (AvgIpc) is 2.36. The van der Waals surface area contributed by atoms with E-state index in [4.69, 9.17) is 5.73 Å². The van der Waals surface area contributed by atoms with Crippen LogP contribution in [0.4, 0.5) is 4.39 Å². The van der Waals surface area contributed by atoms with Crippen molar-refractivity contribution in [2.75, 3.05) is 0 Å². The molecule has 0 aliphatic heterocycles. The number of aryl methyl sites for hydroxylation is 3. The summed E-state index contributed by atoms with van der Waals surface area (Å²) in [6, 6.07) is 9.11. The van der Waals surface area contributed by atoms with E-state index in [1.165, 1.54) is 28.3 Å². The first-order valence-electron chi connectivity index (χ1n) is 6.66. The van der Waals surface area contributed by atoms with Gasteiger partial charge in [0.15, 0.2) is 0 Å². The van der Waals surface area contributed by atoms with Crippen molar-refractivity contribution in [2.45, 2.75) is 33.2 Å². The molecular weight excluding hydrogens is 317 g/mol. The molecule has 2 aromatic rings. The molecule has 1 nitrogen and oxygen atoms in total. The van der Waals surface area contributed by atoms with E-state index in [9.17, 15) is 4.39 Å². The van der Waals surface area contributed by atoms with Gasteiger partial charge >= 0.3 is 0 Å². The van der Waals surface area contributed by atoms with E-state index in [2.05, 4.69) is 48.8 Å². The lowest BCUT2D eigenvalue weighted by Crippen LogP contribution is -2.16. The van der Waals surface area contributed by atoms with Crippen molar-refractivity contribution in [1.29, 1.82) is 0 Å². The summed E-state index contributed by atoms with van der Waals surface area (Å²) in [4.78, 5) is 0. The summed E-state index contributed by atoms with van der Waals surface area (Å²) < 4.78 is 14.1. The number of nitrogens with two attached hydrogens (primary N) is 1. The molecule has 0 spiro atoms. The van der Waals surface area contributed by atoms with Crippen LogP contribution in [-0.4, -0.2) is 0 Å². The zero-order valence-electron chi connectivity index (χ0n) is 12.0. The van der Waals surface area contributed by atoms with Gasteiger partial charge in [-0.2, -0.15) is 0 Å². The smallest absolute Gasteiger partial charge is 0.137 e. The summed E-state index contributed by atoms with van der Waals surface area (Å²) in [5.74, 6) is -0.268. The molecule has 2 aromatic carbocycles. The van der Waals surface area contributed by atoms with E-state index >= 15 is 0 Å². The summed E-state index contributed by atoms with van der Waals surface area (Å²) in [5, 5.41) is 0. The second kappa shape index (κ2) is 6.06. The SMILES string of the molecule is Cc1cc(C)c(CC(N)c2cccc(F)c2Br)c(C)c1. The van der Waals surface area contributed by atoms with Crippen LogP contribution in [0.1, 0.15) is 33.9 Å². The van der Waals surface area contributed by atoms with Crippen molar-refractivity contribution in [1.82, 2.24) is 0 Å². The van der Waals surface area contributed by atoms with E-state index in [0.29, 0.717) is 10.9 Å². The summed E-state index contributed by atoms with van der Waals surface area (Å²) >= 11 is 3.29. The monoisotopic (exact) mass is 335 g/mol. The standard InChI is InChI=1S/C17H19BrFN/c1-10-7-11(2)14(12(3)8-10)9-16(20)13-5-4-6-15(19)17(13)18/h4-8,16H,9,20H2,1-3H3. The van der Waals surface area contributed by atoms with E-state index in [1.807, 2.05) is 6.07 Å². The second-order valence-electron chi connectivity index (χ2n) is 5.33. The first kappa shape index (κ1) is 15.2.